The number of carboxylic acid groups (broad SMARTS) is 1. The number of aryl methyl sites for hydroxylation is 2. The highest BCUT2D eigenvalue weighted by Crippen LogP contribution is 2.29. The molecule has 0 aliphatic carbocycles. The Hall–Kier alpha value is -4.21. The largest absolute Gasteiger partial charge is 0.465 e. The summed E-state index contributed by atoms with van der Waals surface area (Å²) < 4.78 is 3.55. The molecule has 0 spiro atoms. The van der Waals surface area contributed by atoms with Gasteiger partial charge in [0, 0.05) is 44.0 Å². The number of nitrogens with zero attached hydrogens (tertiary/aromatic N) is 7. The standard InChI is InChI=1S/C24H25N7O3/c1-15-10-17(4-5-18(15)13-29-8-9-30(24(33)34)16(2)23(29)32)22-21-6-7-25-31(21)14-20(27-22)19-11-26-28(3)12-19/h4-7,10-12,14,16H,8-9,13H2,1-3H3,(H,33,34). The second kappa shape index (κ2) is 8.29. The Balaban J connectivity index is 1.45. The lowest BCUT2D eigenvalue weighted by atomic mass is 10.0. The maximum atomic E-state index is 12.7. The molecule has 174 valence electrons. The minimum absolute atomic E-state index is 0.177. The van der Waals surface area contributed by atoms with Gasteiger partial charge < -0.3 is 10.0 Å². The van der Waals surface area contributed by atoms with Crippen molar-refractivity contribution in [3.05, 3.63) is 60.2 Å². The molecule has 2 amide bonds. The molecule has 4 heterocycles. The third kappa shape index (κ3) is 3.76. The Morgan fingerprint density at radius 2 is 1.97 bits per heavy atom. The number of amides is 2. The van der Waals surface area contributed by atoms with E-state index in [0.717, 1.165) is 39.2 Å². The fourth-order valence-corrected chi connectivity index (χ4v) is 4.41. The molecule has 1 aliphatic heterocycles. The third-order valence-corrected chi connectivity index (χ3v) is 6.36. The van der Waals surface area contributed by atoms with E-state index >= 15 is 0 Å². The molecule has 34 heavy (non-hydrogen) atoms. The molecule has 3 aromatic heterocycles. The highest BCUT2D eigenvalue weighted by molar-refractivity contribution is 5.86. The van der Waals surface area contributed by atoms with Crippen LogP contribution in [0.3, 0.4) is 0 Å². The zero-order valence-corrected chi connectivity index (χ0v) is 19.2. The first kappa shape index (κ1) is 21.6. The second-order valence-corrected chi connectivity index (χ2v) is 8.59. The molecule has 1 unspecified atom stereocenters. The predicted molar refractivity (Wildman–Crippen MR) is 125 cm³/mol. The zero-order valence-electron chi connectivity index (χ0n) is 19.2. The average Bonchev–Trinajstić information content (AvgIpc) is 3.46. The van der Waals surface area contributed by atoms with Crippen molar-refractivity contribution in [2.75, 3.05) is 13.1 Å². The molecule has 4 aromatic rings. The van der Waals surface area contributed by atoms with Crippen molar-refractivity contribution in [1.29, 1.82) is 0 Å². The number of rotatable bonds is 4. The quantitative estimate of drug-likeness (QED) is 0.503. The molecule has 5 rings (SSSR count). The lowest BCUT2D eigenvalue weighted by Gasteiger charge is -2.37. The minimum Gasteiger partial charge on any atom is -0.465 e. The van der Waals surface area contributed by atoms with Gasteiger partial charge >= 0.3 is 6.09 Å². The Morgan fingerprint density at radius 1 is 1.15 bits per heavy atom. The number of piperazine rings is 1. The monoisotopic (exact) mass is 459 g/mol. The van der Waals surface area contributed by atoms with Crippen LogP contribution in [0.25, 0.3) is 28.0 Å². The van der Waals surface area contributed by atoms with Crippen LogP contribution >= 0.6 is 0 Å². The van der Waals surface area contributed by atoms with E-state index in [1.54, 1.807) is 28.9 Å². The van der Waals surface area contributed by atoms with E-state index in [-0.39, 0.29) is 5.91 Å². The Kier molecular flexibility index (Phi) is 5.27. The fourth-order valence-electron chi connectivity index (χ4n) is 4.41. The number of hydrogen-bond donors (Lipinski definition) is 1. The summed E-state index contributed by atoms with van der Waals surface area (Å²) in [6.07, 6.45) is 6.27. The smallest absolute Gasteiger partial charge is 0.408 e. The summed E-state index contributed by atoms with van der Waals surface area (Å²) in [6, 6.07) is 7.34. The summed E-state index contributed by atoms with van der Waals surface area (Å²) in [5.41, 5.74) is 6.39. The summed E-state index contributed by atoms with van der Waals surface area (Å²) in [5.74, 6) is -0.177. The van der Waals surface area contributed by atoms with Gasteiger partial charge in [0.15, 0.2) is 0 Å². The summed E-state index contributed by atoms with van der Waals surface area (Å²) in [6.45, 7) is 4.77. The molecule has 1 N–H and O–H groups in total. The molecule has 1 aromatic carbocycles. The van der Waals surface area contributed by atoms with Crippen LogP contribution in [-0.4, -0.2) is 70.4 Å². The van der Waals surface area contributed by atoms with E-state index in [4.69, 9.17) is 4.98 Å². The van der Waals surface area contributed by atoms with Gasteiger partial charge in [-0.2, -0.15) is 10.2 Å². The molecule has 0 radical (unpaired) electrons. The maximum Gasteiger partial charge on any atom is 0.408 e. The van der Waals surface area contributed by atoms with Gasteiger partial charge in [-0.05, 0) is 37.1 Å². The fraction of sp³-hybridized carbons (Fsp3) is 0.292. The Morgan fingerprint density at radius 3 is 2.68 bits per heavy atom. The van der Waals surface area contributed by atoms with E-state index in [0.29, 0.717) is 19.6 Å². The van der Waals surface area contributed by atoms with Crippen molar-refractivity contribution in [3.8, 4) is 22.5 Å². The number of hydrogen-bond acceptors (Lipinski definition) is 5. The van der Waals surface area contributed by atoms with Crippen molar-refractivity contribution >= 4 is 17.5 Å². The Bertz CT molecular complexity index is 1410. The van der Waals surface area contributed by atoms with Gasteiger partial charge in [-0.25, -0.2) is 14.3 Å². The Labute approximate surface area is 196 Å². The normalized spacial score (nSPS) is 16.4. The maximum absolute atomic E-state index is 12.7. The molecule has 10 heteroatoms. The number of fused-ring (bicyclic) bond motifs is 1. The van der Waals surface area contributed by atoms with E-state index in [1.807, 2.05) is 49.1 Å². The first-order chi connectivity index (χ1) is 16.3. The van der Waals surface area contributed by atoms with Crippen molar-refractivity contribution in [3.63, 3.8) is 0 Å². The van der Waals surface area contributed by atoms with Crippen LogP contribution in [0.5, 0.6) is 0 Å². The average molecular weight is 460 g/mol. The van der Waals surface area contributed by atoms with Gasteiger partial charge in [-0.1, -0.05) is 12.1 Å². The van der Waals surface area contributed by atoms with Crippen LogP contribution < -0.4 is 0 Å². The molecule has 1 fully saturated rings. The van der Waals surface area contributed by atoms with E-state index in [2.05, 4.69) is 16.3 Å². The molecule has 0 saturated carbocycles. The summed E-state index contributed by atoms with van der Waals surface area (Å²) in [7, 11) is 1.87. The highest BCUT2D eigenvalue weighted by Gasteiger charge is 2.34. The second-order valence-electron chi connectivity index (χ2n) is 8.59. The number of aromatic nitrogens is 5. The van der Waals surface area contributed by atoms with Crippen LogP contribution in [0.15, 0.2) is 49.1 Å². The summed E-state index contributed by atoms with van der Waals surface area (Å²) >= 11 is 0. The predicted octanol–water partition coefficient (Wildman–Crippen LogP) is 2.82. The SMILES string of the molecule is Cc1cc(-c2nc(-c3cnn(C)c3)cn3nccc23)ccc1CN1CCN(C(=O)O)C(C)C1=O. The highest BCUT2D eigenvalue weighted by atomic mass is 16.4. The lowest BCUT2D eigenvalue weighted by Crippen LogP contribution is -2.56. The van der Waals surface area contributed by atoms with Crippen LogP contribution in [0.2, 0.25) is 0 Å². The van der Waals surface area contributed by atoms with E-state index < -0.39 is 12.1 Å². The molecule has 1 aliphatic rings. The molecular weight excluding hydrogens is 434 g/mol. The van der Waals surface area contributed by atoms with Gasteiger partial charge in [0.2, 0.25) is 5.91 Å². The van der Waals surface area contributed by atoms with Gasteiger partial charge in [0.25, 0.3) is 0 Å². The zero-order chi connectivity index (χ0) is 24.0. The summed E-state index contributed by atoms with van der Waals surface area (Å²) in [5, 5.41) is 17.9. The topological polar surface area (TPSA) is 109 Å². The number of carbonyl (C=O) groups excluding carboxylic acids is 1. The summed E-state index contributed by atoms with van der Waals surface area (Å²) in [4.78, 5) is 31.9. The lowest BCUT2D eigenvalue weighted by molar-refractivity contribution is -0.140. The van der Waals surface area contributed by atoms with Crippen LogP contribution in [0.1, 0.15) is 18.1 Å². The first-order valence-corrected chi connectivity index (χ1v) is 11.0. The molecule has 10 nitrogen and oxygen atoms in total. The van der Waals surface area contributed by atoms with Crippen LogP contribution in [-0.2, 0) is 18.4 Å². The van der Waals surface area contributed by atoms with Crippen LogP contribution in [0.4, 0.5) is 4.79 Å². The van der Waals surface area contributed by atoms with Crippen molar-refractivity contribution in [1.82, 2.24) is 34.2 Å². The number of benzene rings is 1. The van der Waals surface area contributed by atoms with Gasteiger partial charge in [-0.3, -0.25) is 14.4 Å². The molecule has 1 atom stereocenters. The van der Waals surface area contributed by atoms with Gasteiger partial charge in [0.05, 0.1) is 35.5 Å². The van der Waals surface area contributed by atoms with Crippen molar-refractivity contribution in [2.45, 2.75) is 26.4 Å². The number of carbonyl (C=O) groups is 2. The van der Waals surface area contributed by atoms with E-state index in [1.165, 1.54) is 4.90 Å². The van der Waals surface area contributed by atoms with Crippen LogP contribution in [0, 0.1) is 6.92 Å². The third-order valence-electron chi connectivity index (χ3n) is 6.36. The molecule has 0 bridgehead atoms. The first-order valence-electron chi connectivity index (χ1n) is 11.0. The molecular formula is C24H25N7O3. The van der Waals surface area contributed by atoms with Gasteiger partial charge in [0.1, 0.15) is 6.04 Å². The van der Waals surface area contributed by atoms with Gasteiger partial charge in [-0.15, -0.1) is 0 Å². The minimum atomic E-state index is -1.06. The van der Waals surface area contributed by atoms with E-state index in [9.17, 15) is 14.7 Å². The van der Waals surface area contributed by atoms with Crippen molar-refractivity contribution in [2.24, 2.45) is 7.05 Å². The van der Waals surface area contributed by atoms with Crippen molar-refractivity contribution < 1.29 is 14.7 Å². The molecule has 1 saturated heterocycles.